The lowest BCUT2D eigenvalue weighted by Crippen LogP contribution is -2.26. The molecule has 0 bridgehead atoms. The number of amides is 1. The standard InChI is InChI=1S/C6H8N3O/c1-5(10)9-6-2-3-7-4-8-6/h2-4H,1H3,(H,7,8)(H,9,10). The molecule has 0 saturated heterocycles. The SMILES string of the molecule is CC(=O)N[C]1C=CNC=N1. The summed E-state index contributed by atoms with van der Waals surface area (Å²) >= 11 is 0. The van der Waals surface area contributed by atoms with Crippen LogP contribution in [0.25, 0.3) is 0 Å². The number of hydrogen-bond donors (Lipinski definition) is 2. The molecular formula is C6H8N3O. The molecule has 53 valence electrons. The maximum atomic E-state index is 10.5. The van der Waals surface area contributed by atoms with Crippen molar-refractivity contribution < 1.29 is 4.79 Å². The second kappa shape index (κ2) is 3.00. The van der Waals surface area contributed by atoms with Crippen LogP contribution in [0.15, 0.2) is 17.3 Å². The summed E-state index contributed by atoms with van der Waals surface area (Å²) in [4.78, 5) is 14.3. The monoisotopic (exact) mass is 138 g/mol. The molecule has 10 heavy (non-hydrogen) atoms. The zero-order valence-corrected chi connectivity index (χ0v) is 5.59. The molecule has 1 heterocycles. The van der Waals surface area contributed by atoms with Crippen molar-refractivity contribution in [1.82, 2.24) is 10.6 Å². The molecule has 0 aliphatic carbocycles. The van der Waals surface area contributed by atoms with Crippen LogP contribution in [0.5, 0.6) is 0 Å². The van der Waals surface area contributed by atoms with Gasteiger partial charge in [-0.1, -0.05) is 0 Å². The van der Waals surface area contributed by atoms with Crippen molar-refractivity contribution >= 4 is 12.2 Å². The Bertz CT molecular complexity index is 173. The number of hydrogen-bond acceptors (Lipinski definition) is 3. The van der Waals surface area contributed by atoms with Gasteiger partial charge in [0, 0.05) is 13.1 Å². The van der Waals surface area contributed by atoms with E-state index in [1.165, 1.54) is 13.3 Å². The third kappa shape index (κ3) is 1.89. The molecule has 1 amide bonds. The number of carbonyl (C=O) groups is 1. The van der Waals surface area contributed by atoms with Crippen molar-refractivity contribution in [2.24, 2.45) is 4.99 Å². The first kappa shape index (κ1) is 6.80. The fraction of sp³-hybridized carbons (Fsp3) is 0.167. The Labute approximate surface area is 59.0 Å². The largest absolute Gasteiger partial charge is 0.353 e. The summed E-state index contributed by atoms with van der Waals surface area (Å²) in [6.45, 7) is 1.44. The number of rotatable bonds is 1. The topological polar surface area (TPSA) is 53.5 Å². The van der Waals surface area contributed by atoms with E-state index in [0.717, 1.165) is 0 Å². The minimum Gasteiger partial charge on any atom is -0.353 e. The smallest absolute Gasteiger partial charge is 0.219 e. The molecule has 0 aromatic carbocycles. The van der Waals surface area contributed by atoms with Gasteiger partial charge in [0.15, 0.2) is 0 Å². The average molecular weight is 138 g/mol. The zero-order valence-electron chi connectivity index (χ0n) is 5.59. The predicted molar refractivity (Wildman–Crippen MR) is 37.8 cm³/mol. The molecule has 0 spiro atoms. The van der Waals surface area contributed by atoms with Crippen LogP contribution in [0, 0.1) is 6.17 Å². The first-order chi connectivity index (χ1) is 4.79. The summed E-state index contributed by atoms with van der Waals surface area (Å²) < 4.78 is 0. The third-order valence-electron chi connectivity index (χ3n) is 0.920. The Kier molecular flexibility index (Phi) is 2.04. The Morgan fingerprint density at radius 3 is 3.10 bits per heavy atom. The van der Waals surface area contributed by atoms with E-state index in [0.29, 0.717) is 6.17 Å². The lowest BCUT2D eigenvalue weighted by molar-refractivity contribution is -0.118. The van der Waals surface area contributed by atoms with Crippen molar-refractivity contribution in [3.8, 4) is 0 Å². The molecule has 0 aromatic heterocycles. The van der Waals surface area contributed by atoms with Gasteiger partial charge in [-0.2, -0.15) is 0 Å². The van der Waals surface area contributed by atoms with E-state index in [4.69, 9.17) is 0 Å². The molecule has 1 aliphatic heterocycles. The number of carbonyl (C=O) groups excluding carboxylic acids is 1. The van der Waals surface area contributed by atoms with Gasteiger partial charge in [-0.3, -0.25) is 4.79 Å². The highest BCUT2D eigenvalue weighted by Gasteiger charge is 2.05. The lowest BCUT2D eigenvalue weighted by Gasteiger charge is -2.08. The quantitative estimate of drug-likeness (QED) is 0.525. The molecule has 0 fully saturated rings. The van der Waals surface area contributed by atoms with Crippen LogP contribution in [0.1, 0.15) is 6.92 Å². The summed E-state index contributed by atoms with van der Waals surface area (Å²) in [6, 6.07) is 0. The second-order valence-corrected chi connectivity index (χ2v) is 1.82. The summed E-state index contributed by atoms with van der Waals surface area (Å²) in [5.41, 5.74) is 0. The second-order valence-electron chi connectivity index (χ2n) is 1.82. The van der Waals surface area contributed by atoms with Gasteiger partial charge in [0.05, 0.1) is 6.34 Å². The van der Waals surface area contributed by atoms with E-state index in [1.54, 1.807) is 12.3 Å². The van der Waals surface area contributed by atoms with Gasteiger partial charge in [-0.05, 0) is 6.08 Å². The Balaban J connectivity index is 2.40. The van der Waals surface area contributed by atoms with E-state index in [1.807, 2.05) is 0 Å². The van der Waals surface area contributed by atoms with Crippen LogP contribution in [0.3, 0.4) is 0 Å². The molecule has 1 rings (SSSR count). The molecule has 1 aliphatic rings. The van der Waals surface area contributed by atoms with Gasteiger partial charge in [0.1, 0.15) is 0 Å². The number of aliphatic imine (C=N–C) groups is 1. The summed E-state index contributed by atoms with van der Waals surface area (Å²) in [7, 11) is 0. The summed E-state index contributed by atoms with van der Waals surface area (Å²) in [6.07, 6.45) is 5.44. The van der Waals surface area contributed by atoms with Crippen molar-refractivity contribution in [1.29, 1.82) is 0 Å². The fourth-order valence-electron chi connectivity index (χ4n) is 0.574. The first-order valence-corrected chi connectivity index (χ1v) is 2.89. The van der Waals surface area contributed by atoms with Crippen LogP contribution in [-0.2, 0) is 4.79 Å². The van der Waals surface area contributed by atoms with Gasteiger partial charge in [-0.15, -0.1) is 0 Å². The minimum absolute atomic E-state index is 0.112. The van der Waals surface area contributed by atoms with Gasteiger partial charge < -0.3 is 10.6 Å². The Morgan fingerprint density at radius 2 is 2.60 bits per heavy atom. The number of nitrogens with one attached hydrogen (secondary N) is 2. The highest BCUT2D eigenvalue weighted by molar-refractivity contribution is 5.75. The molecule has 0 atom stereocenters. The highest BCUT2D eigenvalue weighted by Crippen LogP contribution is 1.99. The molecule has 0 saturated carbocycles. The zero-order chi connectivity index (χ0) is 7.40. The molecule has 2 N–H and O–H groups in total. The fourth-order valence-corrected chi connectivity index (χ4v) is 0.574. The van der Waals surface area contributed by atoms with Gasteiger partial charge in [0.2, 0.25) is 12.1 Å². The van der Waals surface area contributed by atoms with E-state index in [2.05, 4.69) is 15.6 Å². The normalized spacial score (nSPS) is 16.5. The maximum Gasteiger partial charge on any atom is 0.219 e. The molecule has 4 nitrogen and oxygen atoms in total. The van der Waals surface area contributed by atoms with Crippen LogP contribution in [0.2, 0.25) is 0 Å². The molecule has 0 aromatic rings. The number of nitrogens with zero attached hydrogens (tertiary/aromatic N) is 1. The minimum atomic E-state index is -0.112. The van der Waals surface area contributed by atoms with Crippen molar-refractivity contribution in [2.45, 2.75) is 6.92 Å². The summed E-state index contributed by atoms with van der Waals surface area (Å²) in [5, 5.41) is 5.28. The van der Waals surface area contributed by atoms with Crippen molar-refractivity contribution in [3.05, 3.63) is 18.4 Å². The van der Waals surface area contributed by atoms with E-state index in [-0.39, 0.29) is 5.91 Å². The van der Waals surface area contributed by atoms with Gasteiger partial charge >= 0.3 is 0 Å². The van der Waals surface area contributed by atoms with Crippen LogP contribution in [-0.4, -0.2) is 12.2 Å². The Hall–Kier alpha value is -1.32. The molecule has 4 heteroatoms. The predicted octanol–water partition coefficient (Wildman–Crippen LogP) is -0.243. The van der Waals surface area contributed by atoms with E-state index in [9.17, 15) is 4.79 Å². The summed E-state index contributed by atoms with van der Waals surface area (Å²) in [5.74, 6) is -0.112. The van der Waals surface area contributed by atoms with Crippen molar-refractivity contribution in [2.75, 3.05) is 0 Å². The maximum absolute atomic E-state index is 10.5. The Morgan fingerprint density at radius 1 is 1.80 bits per heavy atom. The van der Waals surface area contributed by atoms with Crippen LogP contribution >= 0.6 is 0 Å². The molecule has 1 radical (unpaired) electrons. The van der Waals surface area contributed by atoms with Crippen LogP contribution in [0.4, 0.5) is 0 Å². The van der Waals surface area contributed by atoms with E-state index >= 15 is 0 Å². The van der Waals surface area contributed by atoms with Crippen molar-refractivity contribution in [3.63, 3.8) is 0 Å². The highest BCUT2D eigenvalue weighted by atomic mass is 16.1. The lowest BCUT2D eigenvalue weighted by atomic mass is 10.4. The van der Waals surface area contributed by atoms with E-state index < -0.39 is 0 Å². The first-order valence-electron chi connectivity index (χ1n) is 2.89. The average Bonchev–Trinajstić information content (AvgIpc) is 1.88. The van der Waals surface area contributed by atoms with Gasteiger partial charge in [-0.25, -0.2) is 4.99 Å². The third-order valence-corrected chi connectivity index (χ3v) is 0.920. The van der Waals surface area contributed by atoms with Crippen LogP contribution < -0.4 is 10.6 Å². The molecule has 0 unspecified atom stereocenters. The van der Waals surface area contributed by atoms with Gasteiger partial charge in [0.25, 0.3) is 0 Å². The molecular weight excluding hydrogens is 130 g/mol.